The fourth-order valence-electron chi connectivity index (χ4n) is 3.22. The second-order valence-corrected chi connectivity index (χ2v) is 6.50. The average molecular weight is 341 g/mol. The Bertz CT molecular complexity index is 902. The highest BCUT2D eigenvalue weighted by atomic mass is 16.2. The molecule has 1 aliphatic rings. The van der Waals surface area contributed by atoms with Gasteiger partial charge in [-0.3, -0.25) is 4.79 Å². The lowest BCUT2D eigenvalue weighted by molar-refractivity contribution is -0.132. The Balaban J connectivity index is 1.70. The van der Waals surface area contributed by atoms with Crippen molar-refractivity contribution in [1.29, 1.82) is 10.5 Å². The third kappa shape index (κ3) is 3.82. The monoisotopic (exact) mass is 341 g/mol. The number of carbonyl (C=O) groups excluding carboxylic acids is 1. The molecule has 1 saturated carbocycles. The zero-order valence-corrected chi connectivity index (χ0v) is 14.4. The summed E-state index contributed by atoms with van der Waals surface area (Å²) in [6, 6.07) is 19.0. The van der Waals surface area contributed by atoms with Crippen LogP contribution in [0.5, 0.6) is 0 Å². The predicted molar refractivity (Wildman–Crippen MR) is 98.8 cm³/mol. The molecule has 3 rings (SSSR count). The lowest BCUT2D eigenvalue weighted by Gasteiger charge is -2.21. The maximum Gasteiger partial charge on any atom is 0.226 e. The van der Waals surface area contributed by atoms with Crippen molar-refractivity contribution in [3.05, 3.63) is 83.4 Å². The number of benzene rings is 2. The number of nitriles is 2. The summed E-state index contributed by atoms with van der Waals surface area (Å²) >= 11 is 0. The molecule has 0 spiro atoms. The lowest BCUT2D eigenvalue weighted by Crippen LogP contribution is -2.32. The summed E-state index contributed by atoms with van der Waals surface area (Å²) in [4.78, 5) is 14.7. The predicted octanol–water partition coefficient (Wildman–Crippen LogP) is 3.75. The van der Waals surface area contributed by atoms with E-state index >= 15 is 0 Å². The van der Waals surface area contributed by atoms with Crippen molar-refractivity contribution in [2.75, 3.05) is 6.54 Å². The summed E-state index contributed by atoms with van der Waals surface area (Å²) in [5.74, 6) is 0.302. The van der Waals surface area contributed by atoms with Crippen LogP contribution in [0.4, 0.5) is 0 Å². The highest BCUT2D eigenvalue weighted by molar-refractivity contribution is 5.83. The van der Waals surface area contributed by atoms with Gasteiger partial charge in [-0.25, -0.2) is 0 Å². The van der Waals surface area contributed by atoms with Gasteiger partial charge in [0, 0.05) is 19.0 Å². The van der Waals surface area contributed by atoms with Crippen molar-refractivity contribution in [3.63, 3.8) is 0 Å². The Hall–Kier alpha value is -3.37. The first-order valence-corrected chi connectivity index (χ1v) is 8.55. The van der Waals surface area contributed by atoms with Crippen LogP contribution in [-0.2, 0) is 11.3 Å². The first kappa shape index (κ1) is 17.5. The van der Waals surface area contributed by atoms with Gasteiger partial charge in [0.25, 0.3) is 0 Å². The average Bonchev–Trinajstić information content (AvgIpc) is 3.48. The molecule has 26 heavy (non-hydrogen) atoms. The number of carbonyl (C=O) groups is 1. The van der Waals surface area contributed by atoms with Crippen LogP contribution in [0.25, 0.3) is 0 Å². The zero-order chi connectivity index (χ0) is 18.5. The van der Waals surface area contributed by atoms with Crippen LogP contribution < -0.4 is 0 Å². The van der Waals surface area contributed by atoms with E-state index in [9.17, 15) is 4.79 Å². The zero-order valence-electron chi connectivity index (χ0n) is 14.4. The number of hydrogen-bond donors (Lipinski definition) is 0. The molecule has 0 unspecified atom stereocenters. The van der Waals surface area contributed by atoms with Gasteiger partial charge in [-0.2, -0.15) is 10.5 Å². The Morgan fingerprint density at radius 2 is 1.88 bits per heavy atom. The molecule has 128 valence electrons. The molecule has 0 aromatic heterocycles. The maximum absolute atomic E-state index is 12.9. The van der Waals surface area contributed by atoms with E-state index in [-0.39, 0.29) is 17.7 Å². The quantitative estimate of drug-likeness (QED) is 0.752. The van der Waals surface area contributed by atoms with Crippen molar-refractivity contribution >= 4 is 5.91 Å². The summed E-state index contributed by atoms with van der Waals surface area (Å²) < 4.78 is 0. The first-order chi connectivity index (χ1) is 12.7. The normalized spacial score (nSPS) is 17.6. The number of nitrogens with zero attached hydrogens (tertiary/aromatic N) is 3. The van der Waals surface area contributed by atoms with Gasteiger partial charge in [-0.15, -0.1) is 6.58 Å². The minimum Gasteiger partial charge on any atom is -0.334 e. The van der Waals surface area contributed by atoms with Crippen molar-refractivity contribution in [3.8, 4) is 12.1 Å². The summed E-state index contributed by atoms with van der Waals surface area (Å²) in [7, 11) is 0. The molecule has 0 radical (unpaired) electrons. The maximum atomic E-state index is 12.9. The van der Waals surface area contributed by atoms with Crippen molar-refractivity contribution in [1.82, 2.24) is 4.90 Å². The lowest BCUT2D eigenvalue weighted by atomic mass is 10.1. The molecule has 2 aromatic carbocycles. The summed E-state index contributed by atoms with van der Waals surface area (Å²) in [6.07, 6.45) is 2.56. The molecule has 0 heterocycles. The van der Waals surface area contributed by atoms with Gasteiger partial charge in [0.05, 0.1) is 23.3 Å². The molecule has 1 aliphatic carbocycles. The van der Waals surface area contributed by atoms with Crippen LogP contribution in [0.1, 0.15) is 34.6 Å². The largest absolute Gasteiger partial charge is 0.334 e. The van der Waals surface area contributed by atoms with Gasteiger partial charge >= 0.3 is 0 Å². The van der Waals surface area contributed by atoms with Crippen LogP contribution in [-0.4, -0.2) is 17.4 Å². The molecule has 4 nitrogen and oxygen atoms in total. The van der Waals surface area contributed by atoms with Crippen molar-refractivity contribution in [2.45, 2.75) is 18.9 Å². The molecule has 0 saturated heterocycles. The van der Waals surface area contributed by atoms with E-state index in [2.05, 4.69) is 18.7 Å². The van der Waals surface area contributed by atoms with Gasteiger partial charge in [-0.05, 0) is 47.7 Å². The van der Waals surface area contributed by atoms with Crippen LogP contribution in [0.2, 0.25) is 0 Å². The van der Waals surface area contributed by atoms with Crippen LogP contribution in [0, 0.1) is 28.6 Å². The topological polar surface area (TPSA) is 67.9 Å². The minimum atomic E-state index is -0.0259. The van der Waals surface area contributed by atoms with Gasteiger partial charge < -0.3 is 4.90 Å². The van der Waals surface area contributed by atoms with Gasteiger partial charge in [0.2, 0.25) is 5.91 Å². The Labute approximate surface area is 153 Å². The highest BCUT2D eigenvalue weighted by Gasteiger charge is 2.45. The molecule has 0 bridgehead atoms. The van der Waals surface area contributed by atoms with E-state index in [0.29, 0.717) is 24.2 Å². The Morgan fingerprint density at radius 1 is 1.15 bits per heavy atom. The standard InChI is InChI=1S/C22H19N3O/c1-2-10-25(15-18-5-3-4-17(11-18)14-24)22(26)21-12-20(21)19-8-6-16(13-23)7-9-19/h2-9,11,20-21H,1,10,12,15H2/t20-,21+/m0/s1. The highest BCUT2D eigenvalue weighted by Crippen LogP contribution is 2.48. The summed E-state index contributed by atoms with van der Waals surface area (Å²) in [5, 5.41) is 17.9. The van der Waals surface area contributed by atoms with Crippen LogP contribution in [0.15, 0.2) is 61.2 Å². The van der Waals surface area contributed by atoms with Crippen LogP contribution >= 0.6 is 0 Å². The van der Waals surface area contributed by atoms with E-state index in [4.69, 9.17) is 10.5 Å². The van der Waals surface area contributed by atoms with E-state index < -0.39 is 0 Å². The smallest absolute Gasteiger partial charge is 0.226 e. The number of amides is 1. The molecule has 2 atom stereocenters. The molecule has 2 aromatic rings. The van der Waals surface area contributed by atoms with Crippen LogP contribution in [0.3, 0.4) is 0 Å². The molecular formula is C22H19N3O. The fraction of sp³-hybridized carbons (Fsp3) is 0.227. The number of hydrogen-bond acceptors (Lipinski definition) is 3. The number of rotatable bonds is 6. The molecule has 4 heteroatoms. The van der Waals surface area contributed by atoms with E-state index in [1.165, 1.54) is 0 Å². The fourth-order valence-corrected chi connectivity index (χ4v) is 3.22. The summed E-state index contributed by atoms with van der Waals surface area (Å²) in [6.45, 7) is 4.70. The van der Waals surface area contributed by atoms with Crippen molar-refractivity contribution in [2.24, 2.45) is 5.92 Å². The molecule has 0 N–H and O–H groups in total. The Morgan fingerprint density at radius 3 is 2.54 bits per heavy atom. The summed E-state index contributed by atoms with van der Waals surface area (Å²) in [5.41, 5.74) is 3.26. The molecule has 1 amide bonds. The minimum absolute atomic E-state index is 0.0259. The SMILES string of the molecule is C=CCN(Cc1cccc(C#N)c1)C(=O)[C@@H]1C[C@H]1c1ccc(C#N)cc1. The molecule has 0 aliphatic heterocycles. The van der Waals surface area contributed by atoms with E-state index in [1.807, 2.05) is 30.3 Å². The van der Waals surface area contributed by atoms with E-state index in [1.54, 1.807) is 29.2 Å². The van der Waals surface area contributed by atoms with Gasteiger partial charge in [-0.1, -0.05) is 30.3 Å². The second kappa shape index (κ2) is 7.68. The third-order valence-corrected chi connectivity index (χ3v) is 4.67. The van der Waals surface area contributed by atoms with E-state index in [0.717, 1.165) is 17.5 Å². The molecule has 1 fully saturated rings. The van der Waals surface area contributed by atoms with Gasteiger partial charge in [0.1, 0.15) is 0 Å². The third-order valence-electron chi connectivity index (χ3n) is 4.67. The molecular weight excluding hydrogens is 322 g/mol. The van der Waals surface area contributed by atoms with Crippen molar-refractivity contribution < 1.29 is 4.79 Å². The van der Waals surface area contributed by atoms with Gasteiger partial charge in [0.15, 0.2) is 0 Å². The second-order valence-electron chi connectivity index (χ2n) is 6.50. The first-order valence-electron chi connectivity index (χ1n) is 8.55. The Kier molecular flexibility index (Phi) is 5.15.